The minimum absolute atomic E-state index is 0.182. The average molecular weight is 339 g/mol. The predicted octanol–water partition coefficient (Wildman–Crippen LogP) is 2.60. The maximum Gasteiger partial charge on any atom is 0.258 e. The van der Waals surface area contributed by atoms with Crippen molar-refractivity contribution in [1.29, 1.82) is 0 Å². The van der Waals surface area contributed by atoms with Gasteiger partial charge in [0.25, 0.3) is 5.91 Å². The molecular formula is C19H25N5O. The van der Waals surface area contributed by atoms with Crippen LogP contribution >= 0.6 is 0 Å². The first-order valence-electron chi connectivity index (χ1n) is 8.70. The number of piperazine rings is 1. The van der Waals surface area contributed by atoms with Crippen molar-refractivity contribution in [3.05, 3.63) is 47.8 Å². The summed E-state index contributed by atoms with van der Waals surface area (Å²) < 4.78 is 0. The number of nitrogens with zero attached hydrogens (tertiary/aromatic N) is 4. The number of nitrogens with one attached hydrogen (secondary N) is 1. The van der Waals surface area contributed by atoms with Gasteiger partial charge in [-0.05, 0) is 24.6 Å². The van der Waals surface area contributed by atoms with E-state index in [1.165, 1.54) is 0 Å². The van der Waals surface area contributed by atoms with Gasteiger partial charge in [-0.1, -0.05) is 32.0 Å². The zero-order chi connectivity index (χ0) is 17.8. The van der Waals surface area contributed by atoms with Crippen LogP contribution in [0.4, 0.5) is 11.6 Å². The van der Waals surface area contributed by atoms with Crippen molar-refractivity contribution in [3.63, 3.8) is 0 Å². The number of anilines is 2. The lowest BCUT2D eigenvalue weighted by molar-refractivity contribution is 0.102. The fraction of sp³-hybridized carbons (Fsp3) is 0.421. The molecule has 1 aliphatic rings. The minimum Gasteiger partial charge on any atom is -0.338 e. The summed E-state index contributed by atoms with van der Waals surface area (Å²) >= 11 is 0. The highest BCUT2D eigenvalue weighted by atomic mass is 16.1. The van der Waals surface area contributed by atoms with Crippen LogP contribution in [0.5, 0.6) is 0 Å². The van der Waals surface area contributed by atoms with Gasteiger partial charge in [0.05, 0.1) is 5.56 Å². The number of carbonyl (C=O) groups is 1. The number of hydrogen-bond acceptors (Lipinski definition) is 5. The summed E-state index contributed by atoms with van der Waals surface area (Å²) in [7, 11) is 2.11. The van der Waals surface area contributed by atoms with Gasteiger partial charge in [-0.3, -0.25) is 4.79 Å². The third-order valence-electron chi connectivity index (χ3n) is 4.52. The standard InChI is InChI=1S/C19H25N5O/c1-14(2)16-6-4-5-7-17(16)22-18(25)15-12-20-19(21-13-15)24-10-8-23(3)9-11-24/h4-7,12-14H,8-11H2,1-3H3,(H,22,25). The molecule has 25 heavy (non-hydrogen) atoms. The lowest BCUT2D eigenvalue weighted by Crippen LogP contribution is -2.45. The molecule has 0 bridgehead atoms. The molecule has 2 heterocycles. The normalized spacial score (nSPS) is 15.4. The Balaban J connectivity index is 1.69. The molecule has 0 radical (unpaired) electrons. The second-order valence-corrected chi connectivity index (χ2v) is 6.76. The van der Waals surface area contributed by atoms with Crippen LogP contribution < -0.4 is 10.2 Å². The Morgan fingerprint density at radius 1 is 1.08 bits per heavy atom. The predicted molar refractivity (Wildman–Crippen MR) is 100 cm³/mol. The Hall–Kier alpha value is -2.47. The van der Waals surface area contributed by atoms with Crippen molar-refractivity contribution >= 4 is 17.5 Å². The molecule has 1 amide bonds. The van der Waals surface area contributed by atoms with Gasteiger partial charge in [0.2, 0.25) is 5.95 Å². The van der Waals surface area contributed by atoms with Crippen molar-refractivity contribution < 1.29 is 4.79 Å². The zero-order valence-electron chi connectivity index (χ0n) is 15.1. The van der Waals surface area contributed by atoms with E-state index in [1.807, 2.05) is 24.3 Å². The number of para-hydroxylation sites is 1. The number of amides is 1. The monoisotopic (exact) mass is 339 g/mol. The number of aromatic nitrogens is 2. The maximum absolute atomic E-state index is 12.5. The number of likely N-dealkylation sites (N-methyl/N-ethyl adjacent to an activating group) is 1. The highest BCUT2D eigenvalue weighted by Gasteiger charge is 2.17. The van der Waals surface area contributed by atoms with Gasteiger partial charge < -0.3 is 15.1 Å². The van der Waals surface area contributed by atoms with Gasteiger partial charge in [-0.25, -0.2) is 9.97 Å². The van der Waals surface area contributed by atoms with E-state index < -0.39 is 0 Å². The third kappa shape index (κ3) is 4.14. The van der Waals surface area contributed by atoms with Crippen LogP contribution in [-0.4, -0.2) is 54.0 Å². The molecule has 3 rings (SSSR count). The van der Waals surface area contributed by atoms with Gasteiger partial charge in [0.1, 0.15) is 0 Å². The average Bonchev–Trinajstić information content (AvgIpc) is 2.63. The third-order valence-corrected chi connectivity index (χ3v) is 4.52. The molecule has 1 aromatic carbocycles. The van der Waals surface area contributed by atoms with E-state index in [1.54, 1.807) is 12.4 Å². The molecule has 2 aromatic rings. The summed E-state index contributed by atoms with van der Waals surface area (Å²) in [6, 6.07) is 7.87. The summed E-state index contributed by atoms with van der Waals surface area (Å²) in [5.74, 6) is 0.845. The Kier molecular flexibility index (Phi) is 5.28. The van der Waals surface area contributed by atoms with Gasteiger partial charge in [0, 0.05) is 44.3 Å². The van der Waals surface area contributed by atoms with Crippen LogP contribution in [0, 0.1) is 0 Å². The molecule has 0 spiro atoms. The SMILES string of the molecule is CC(C)c1ccccc1NC(=O)c1cnc(N2CCN(C)CC2)nc1. The summed E-state index contributed by atoms with van der Waals surface area (Å²) in [4.78, 5) is 25.7. The molecule has 1 saturated heterocycles. The Morgan fingerprint density at radius 2 is 1.72 bits per heavy atom. The van der Waals surface area contributed by atoms with Crippen LogP contribution in [0.15, 0.2) is 36.7 Å². The fourth-order valence-electron chi connectivity index (χ4n) is 2.92. The van der Waals surface area contributed by atoms with Gasteiger partial charge in [-0.15, -0.1) is 0 Å². The Morgan fingerprint density at radius 3 is 2.36 bits per heavy atom. The van der Waals surface area contributed by atoms with E-state index in [9.17, 15) is 4.79 Å². The molecule has 0 aliphatic carbocycles. The van der Waals surface area contributed by atoms with Crippen LogP contribution in [0.2, 0.25) is 0 Å². The number of benzene rings is 1. The first kappa shape index (κ1) is 17.4. The van der Waals surface area contributed by atoms with E-state index in [-0.39, 0.29) is 5.91 Å². The van der Waals surface area contributed by atoms with Gasteiger partial charge in [-0.2, -0.15) is 0 Å². The molecule has 6 nitrogen and oxygen atoms in total. The molecule has 1 aliphatic heterocycles. The molecule has 0 atom stereocenters. The first-order chi connectivity index (χ1) is 12.0. The summed E-state index contributed by atoms with van der Waals surface area (Å²) in [5, 5.41) is 2.97. The van der Waals surface area contributed by atoms with Crippen molar-refractivity contribution in [2.24, 2.45) is 0 Å². The fourth-order valence-corrected chi connectivity index (χ4v) is 2.92. The van der Waals surface area contributed by atoms with Crippen molar-refractivity contribution in [3.8, 4) is 0 Å². The van der Waals surface area contributed by atoms with Crippen LogP contribution in [0.1, 0.15) is 35.7 Å². The molecule has 0 unspecified atom stereocenters. The number of hydrogen-bond donors (Lipinski definition) is 1. The molecule has 1 N–H and O–H groups in total. The Labute approximate surface area is 148 Å². The maximum atomic E-state index is 12.5. The largest absolute Gasteiger partial charge is 0.338 e. The van der Waals surface area contributed by atoms with E-state index in [2.05, 4.69) is 46.0 Å². The highest BCUT2D eigenvalue weighted by Crippen LogP contribution is 2.24. The number of rotatable bonds is 4. The van der Waals surface area contributed by atoms with Gasteiger partial charge >= 0.3 is 0 Å². The zero-order valence-corrected chi connectivity index (χ0v) is 15.1. The van der Waals surface area contributed by atoms with E-state index >= 15 is 0 Å². The molecule has 0 saturated carbocycles. The smallest absolute Gasteiger partial charge is 0.258 e. The second-order valence-electron chi connectivity index (χ2n) is 6.76. The van der Waals surface area contributed by atoms with Gasteiger partial charge in [0.15, 0.2) is 0 Å². The lowest BCUT2D eigenvalue weighted by atomic mass is 10.0. The summed E-state index contributed by atoms with van der Waals surface area (Å²) in [6.07, 6.45) is 3.21. The summed E-state index contributed by atoms with van der Waals surface area (Å²) in [6.45, 7) is 8.03. The Bertz CT molecular complexity index is 721. The quantitative estimate of drug-likeness (QED) is 0.928. The first-order valence-corrected chi connectivity index (χ1v) is 8.70. The van der Waals surface area contributed by atoms with E-state index in [4.69, 9.17) is 0 Å². The minimum atomic E-state index is -0.182. The van der Waals surface area contributed by atoms with Crippen molar-refractivity contribution in [1.82, 2.24) is 14.9 Å². The van der Waals surface area contributed by atoms with Crippen LogP contribution in [0.3, 0.4) is 0 Å². The second kappa shape index (κ2) is 7.61. The summed E-state index contributed by atoms with van der Waals surface area (Å²) in [5.41, 5.74) is 2.42. The van der Waals surface area contributed by atoms with Crippen LogP contribution in [-0.2, 0) is 0 Å². The number of carbonyl (C=O) groups excluding carboxylic acids is 1. The van der Waals surface area contributed by atoms with Crippen molar-refractivity contribution in [2.45, 2.75) is 19.8 Å². The highest BCUT2D eigenvalue weighted by molar-refractivity contribution is 6.04. The lowest BCUT2D eigenvalue weighted by Gasteiger charge is -2.32. The molecule has 132 valence electrons. The molecular weight excluding hydrogens is 314 g/mol. The van der Waals surface area contributed by atoms with E-state index in [0.29, 0.717) is 17.4 Å². The molecule has 6 heteroatoms. The molecule has 1 aromatic heterocycles. The van der Waals surface area contributed by atoms with Crippen LogP contribution in [0.25, 0.3) is 0 Å². The van der Waals surface area contributed by atoms with Crippen molar-refractivity contribution in [2.75, 3.05) is 43.4 Å². The van der Waals surface area contributed by atoms with E-state index in [0.717, 1.165) is 37.4 Å². The molecule has 1 fully saturated rings. The topological polar surface area (TPSA) is 61.4 Å².